The van der Waals surface area contributed by atoms with Crippen LogP contribution in [0.1, 0.15) is 32.6 Å². The van der Waals surface area contributed by atoms with Crippen LogP contribution >= 0.6 is 0 Å². The van der Waals surface area contributed by atoms with Crippen LogP contribution in [0.15, 0.2) is 0 Å². The Kier molecular flexibility index (Phi) is 4.24. The molecule has 20 heavy (non-hydrogen) atoms. The molecule has 0 aromatic rings. The molecule has 2 fully saturated rings. The van der Waals surface area contributed by atoms with Crippen molar-refractivity contribution in [2.75, 3.05) is 13.2 Å². The summed E-state index contributed by atoms with van der Waals surface area (Å²) in [6.45, 7) is 1.17. The maximum absolute atomic E-state index is 12.4. The van der Waals surface area contributed by atoms with E-state index in [1.54, 1.807) is 0 Å². The smallest absolute Gasteiger partial charge is 0.325 e. The van der Waals surface area contributed by atoms with E-state index in [0.717, 1.165) is 17.7 Å². The van der Waals surface area contributed by atoms with Crippen LogP contribution < -0.4 is 10.8 Å². The molecule has 8 heteroatoms. The van der Waals surface area contributed by atoms with Crippen molar-refractivity contribution in [1.82, 2.24) is 15.7 Å². The van der Waals surface area contributed by atoms with Crippen molar-refractivity contribution in [1.29, 1.82) is 0 Å². The van der Waals surface area contributed by atoms with E-state index in [1.807, 2.05) is 0 Å². The molecule has 2 rings (SSSR count). The highest BCUT2D eigenvalue weighted by Crippen LogP contribution is 2.35. The van der Waals surface area contributed by atoms with Crippen LogP contribution in [0.5, 0.6) is 0 Å². The van der Waals surface area contributed by atoms with E-state index in [-0.39, 0.29) is 19.1 Å². The van der Waals surface area contributed by atoms with Crippen molar-refractivity contribution in [3.05, 3.63) is 0 Å². The molecular formula is C12H19N3O5. The van der Waals surface area contributed by atoms with Gasteiger partial charge < -0.3 is 10.4 Å². The Balaban J connectivity index is 2.02. The van der Waals surface area contributed by atoms with Crippen LogP contribution in [0.4, 0.5) is 4.79 Å². The quantitative estimate of drug-likeness (QED) is 0.351. The molecule has 1 saturated heterocycles. The van der Waals surface area contributed by atoms with Crippen molar-refractivity contribution < 1.29 is 24.3 Å². The van der Waals surface area contributed by atoms with Crippen LogP contribution in [0, 0.1) is 0 Å². The molecule has 1 aliphatic carbocycles. The van der Waals surface area contributed by atoms with E-state index < -0.39 is 23.5 Å². The average Bonchev–Trinajstić information content (AvgIpc) is 2.96. The van der Waals surface area contributed by atoms with Gasteiger partial charge in [0.2, 0.25) is 0 Å². The van der Waals surface area contributed by atoms with Gasteiger partial charge in [0, 0.05) is 0 Å². The third kappa shape index (κ3) is 2.48. The molecule has 8 nitrogen and oxygen atoms in total. The lowest BCUT2D eigenvalue weighted by Gasteiger charge is -2.23. The lowest BCUT2D eigenvalue weighted by Crippen LogP contribution is -2.50. The van der Waals surface area contributed by atoms with E-state index in [9.17, 15) is 14.4 Å². The molecule has 1 atom stereocenters. The molecule has 0 aromatic heterocycles. The van der Waals surface area contributed by atoms with Gasteiger partial charge in [-0.15, -0.1) is 0 Å². The van der Waals surface area contributed by atoms with Crippen LogP contribution in [-0.2, 0) is 14.4 Å². The maximum Gasteiger partial charge on any atom is 0.325 e. The number of hydrogen-bond donors (Lipinski definition) is 3. The zero-order chi connectivity index (χ0) is 14.8. The molecule has 1 unspecified atom stereocenters. The van der Waals surface area contributed by atoms with Crippen molar-refractivity contribution in [2.45, 2.75) is 44.2 Å². The van der Waals surface area contributed by atoms with E-state index in [0.29, 0.717) is 12.8 Å². The monoisotopic (exact) mass is 285 g/mol. The number of rotatable bonds is 5. The minimum absolute atomic E-state index is 0.0530. The van der Waals surface area contributed by atoms with Crippen molar-refractivity contribution in [2.24, 2.45) is 0 Å². The Morgan fingerprint density at radius 3 is 2.75 bits per heavy atom. The predicted molar refractivity (Wildman–Crippen MR) is 67.2 cm³/mol. The number of hydrogen-bond acceptors (Lipinski definition) is 5. The molecule has 0 aromatic carbocycles. The molecule has 4 amide bonds. The first-order valence-electron chi connectivity index (χ1n) is 6.70. The third-order valence-corrected chi connectivity index (χ3v) is 3.78. The molecule has 3 N–H and O–H groups in total. The van der Waals surface area contributed by atoms with Crippen LogP contribution in [0.2, 0.25) is 0 Å². The zero-order valence-electron chi connectivity index (χ0n) is 11.3. The number of carbonyl (C=O) groups is 3. The average molecular weight is 285 g/mol. The lowest BCUT2D eigenvalue weighted by molar-refractivity contribution is -0.144. The highest BCUT2D eigenvalue weighted by atomic mass is 16.7. The van der Waals surface area contributed by atoms with Crippen molar-refractivity contribution in [3.8, 4) is 0 Å². The minimum Gasteiger partial charge on any atom is -0.394 e. The summed E-state index contributed by atoms with van der Waals surface area (Å²) in [4.78, 5) is 41.8. The topological polar surface area (TPSA) is 108 Å². The predicted octanol–water partition coefficient (Wildman–Crippen LogP) is -0.720. The summed E-state index contributed by atoms with van der Waals surface area (Å²) in [5, 5.41) is 11.3. The van der Waals surface area contributed by atoms with E-state index >= 15 is 0 Å². The lowest BCUT2D eigenvalue weighted by atomic mass is 9.97. The standard InChI is InChI=1S/C12H19N3O5/c1-8(9(17)14-20-7-6-16)15-10(18)12(13-11(15)19)4-2-3-5-12/h8,16H,2-7H2,1H3,(H,13,19)(H,14,17). The molecular weight excluding hydrogens is 266 g/mol. The van der Waals surface area contributed by atoms with E-state index in [1.165, 1.54) is 6.92 Å². The van der Waals surface area contributed by atoms with Gasteiger partial charge in [-0.25, -0.2) is 15.2 Å². The largest absolute Gasteiger partial charge is 0.394 e. The molecule has 0 bridgehead atoms. The summed E-state index contributed by atoms with van der Waals surface area (Å²) in [7, 11) is 0. The SMILES string of the molecule is CC(C(=O)NOCCO)N1C(=O)NC2(CCCC2)C1=O. The number of hydroxylamine groups is 1. The molecule has 1 heterocycles. The van der Waals surface area contributed by atoms with Gasteiger partial charge in [0.1, 0.15) is 11.6 Å². The number of aliphatic hydroxyl groups is 1. The van der Waals surface area contributed by atoms with Gasteiger partial charge in [-0.3, -0.25) is 14.4 Å². The summed E-state index contributed by atoms with van der Waals surface area (Å²) < 4.78 is 0. The number of imide groups is 1. The van der Waals surface area contributed by atoms with E-state index in [2.05, 4.69) is 10.8 Å². The number of aliphatic hydroxyl groups excluding tert-OH is 1. The minimum atomic E-state index is -0.957. The Morgan fingerprint density at radius 1 is 1.50 bits per heavy atom. The second-order valence-corrected chi connectivity index (χ2v) is 5.11. The van der Waals surface area contributed by atoms with Gasteiger partial charge in [-0.2, -0.15) is 0 Å². The Labute approximate surface area is 116 Å². The molecule has 1 spiro atoms. The van der Waals surface area contributed by atoms with Crippen molar-refractivity contribution in [3.63, 3.8) is 0 Å². The number of amides is 4. The Hall–Kier alpha value is -1.67. The zero-order valence-corrected chi connectivity index (χ0v) is 11.3. The fraction of sp³-hybridized carbons (Fsp3) is 0.750. The normalized spacial score (nSPS) is 22.2. The molecule has 1 aliphatic heterocycles. The number of urea groups is 1. The van der Waals surface area contributed by atoms with E-state index in [4.69, 9.17) is 9.94 Å². The van der Waals surface area contributed by atoms with Gasteiger partial charge in [-0.1, -0.05) is 12.8 Å². The molecule has 1 saturated carbocycles. The number of nitrogens with zero attached hydrogens (tertiary/aromatic N) is 1. The highest BCUT2D eigenvalue weighted by molar-refractivity contribution is 6.09. The van der Waals surface area contributed by atoms with Crippen LogP contribution in [0.25, 0.3) is 0 Å². The fourth-order valence-electron chi connectivity index (χ4n) is 2.68. The summed E-state index contributed by atoms with van der Waals surface area (Å²) in [5.41, 5.74) is 1.29. The third-order valence-electron chi connectivity index (χ3n) is 3.78. The summed E-state index contributed by atoms with van der Waals surface area (Å²) in [6, 6.07) is -1.50. The molecule has 112 valence electrons. The number of nitrogens with one attached hydrogen (secondary N) is 2. The Morgan fingerprint density at radius 2 is 2.15 bits per heavy atom. The number of carbonyl (C=O) groups excluding carboxylic acids is 3. The van der Waals surface area contributed by atoms with Crippen molar-refractivity contribution >= 4 is 17.8 Å². The maximum atomic E-state index is 12.4. The summed E-state index contributed by atoms with van der Waals surface area (Å²) in [6.07, 6.45) is 3.01. The first kappa shape index (κ1) is 14.7. The summed E-state index contributed by atoms with van der Waals surface area (Å²) in [5.74, 6) is -0.943. The van der Waals surface area contributed by atoms with Crippen LogP contribution in [-0.4, -0.2) is 52.6 Å². The van der Waals surface area contributed by atoms with Crippen LogP contribution in [0.3, 0.4) is 0 Å². The molecule has 2 aliphatic rings. The summed E-state index contributed by atoms with van der Waals surface area (Å²) >= 11 is 0. The fourth-order valence-corrected chi connectivity index (χ4v) is 2.68. The molecule has 0 radical (unpaired) electrons. The first-order valence-corrected chi connectivity index (χ1v) is 6.70. The highest BCUT2D eigenvalue weighted by Gasteiger charge is 2.54. The van der Waals surface area contributed by atoms with Gasteiger partial charge >= 0.3 is 6.03 Å². The van der Waals surface area contributed by atoms with Gasteiger partial charge in [-0.05, 0) is 19.8 Å². The van der Waals surface area contributed by atoms with Gasteiger partial charge in [0.15, 0.2) is 0 Å². The second-order valence-electron chi connectivity index (χ2n) is 5.11. The second kappa shape index (κ2) is 5.76. The Bertz CT molecular complexity index is 419. The first-order chi connectivity index (χ1) is 9.52. The van der Waals surface area contributed by atoms with Gasteiger partial charge in [0.05, 0.1) is 13.2 Å². The van der Waals surface area contributed by atoms with Gasteiger partial charge in [0.25, 0.3) is 11.8 Å².